The van der Waals surface area contributed by atoms with Crippen molar-refractivity contribution in [2.75, 3.05) is 26.2 Å². The number of aryl methyl sites for hydroxylation is 1. The molecule has 1 aliphatic heterocycles. The van der Waals surface area contributed by atoms with E-state index in [0.29, 0.717) is 43.9 Å². The number of alkyl halides is 3. The van der Waals surface area contributed by atoms with E-state index in [0.717, 1.165) is 12.1 Å². The van der Waals surface area contributed by atoms with Crippen molar-refractivity contribution in [2.45, 2.75) is 31.0 Å². The first-order valence-electron chi connectivity index (χ1n) is 8.41. The van der Waals surface area contributed by atoms with Gasteiger partial charge in [-0.1, -0.05) is 13.0 Å². The van der Waals surface area contributed by atoms with Crippen molar-refractivity contribution in [3.8, 4) is 0 Å². The van der Waals surface area contributed by atoms with Crippen LogP contribution in [0.25, 0.3) is 0 Å². The molecule has 2 heterocycles. The summed E-state index contributed by atoms with van der Waals surface area (Å²) in [5.74, 6) is 0.997. The second kappa shape index (κ2) is 7.56. The summed E-state index contributed by atoms with van der Waals surface area (Å²) in [6.07, 6.45) is -3.96. The van der Waals surface area contributed by atoms with Crippen LogP contribution in [0.4, 0.5) is 13.2 Å². The molecular formula is C16H19F3N4O3S. The molecule has 148 valence electrons. The van der Waals surface area contributed by atoms with E-state index in [2.05, 4.69) is 10.2 Å². The van der Waals surface area contributed by atoms with Crippen LogP contribution < -0.4 is 0 Å². The van der Waals surface area contributed by atoms with Crippen LogP contribution >= 0.6 is 0 Å². The van der Waals surface area contributed by atoms with E-state index in [4.69, 9.17) is 4.42 Å². The molecule has 27 heavy (non-hydrogen) atoms. The monoisotopic (exact) mass is 404 g/mol. The average molecular weight is 404 g/mol. The van der Waals surface area contributed by atoms with E-state index in [1.165, 1.54) is 10.4 Å². The van der Waals surface area contributed by atoms with E-state index >= 15 is 0 Å². The van der Waals surface area contributed by atoms with Gasteiger partial charge in [0, 0.05) is 32.6 Å². The van der Waals surface area contributed by atoms with Crippen molar-refractivity contribution in [3.05, 3.63) is 41.6 Å². The highest BCUT2D eigenvalue weighted by atomic mass is 32.2. The number of aromatic nitrogens is 2. The Labute approximate surface area is 154 Å². The predicted octanol–water partition coefficient (Wildman–Crippen LogP) is 2.16. The number of rotatable bonds is 5. The molecule has 1 saturated heterocycles. The maximum atomic E-state index is 12.8. The van der Waals surface area contributed by atoms with Crippen LogP contribution in [0.3, 0.4) is 0 Å². The normalized spacial score (nSPS) is 17.3. The summed E-state index contributed by atoms with van der Waals surface area (Å²) in [5.41, 5.74) is -0.981. The fraction of sp³-hybridized carbons (Fsp3) is 0.500. The van der Waals surface area contributed by atoms with Crippen LogP contribution in [-0.4, -0.2) is 54.0 Å². The van der Waals surface area contributed by atoms with Crippen LogP contribution in [0.2, 0.25) is 0 Å². The summed E-state index contributed by atoms with van der Waals surface area (Å²) in [6.45, 7) is 3.49. The Morgan fingerprint density at radius 1 is 1.11 bits per heavy atom. The minimum atomic E-state index is -4.59. The quantitative estimate of drug-likeness (QED) is 0.760. The molecule has 2 aromatic rings. The molecular weight excluding hydrogens is 385 g/mol. The summed E-state index contributed by atoms with van der Waals surface area (Å²) in [5, 5.41) is 7.81. The fourth-order valence-electron chi connectivity index (χ4n) is 2.80. The van der Waals surface area contributed by atoms with Crippen LogP contribution in [0.1, 0.15) is 24.3 Å². The van der Waals surface area contributed by atoms with Crippen molar-refractivity contribution >= 4 is 10.0 Å². The van der Waals surface area contributed by atoms with E-state index in [-0.39, 0.29) is 18.0 Å². The van der Waals surface area contributed by atoms with Gasteiger partial charge in [-0.15, -0.1) is 10.2 Å². The van der Waals surface area contributed by atoms with E-state index in [1.807, 2.05) is 11.8 Å². The minimum absolute atomic E-state index is 0.174. The first-order valence-corrected chi connectivity index (χ1v) is 9.85. The molecule has 1 aromatic heterocycles. The van der Waals surface area contributed by atoms with Crippen LogP contribution in [0, 0.1) is 0 Å². The van der Waals surface area contributed by atoms with Gasteiger partial charge in [0.15, 0.2) is 0 Å². The highest BCUT2D eigenvalue weighted by molar-refractivity contribution is 7.89. The molecule has 0 radical (unpaired) electrons. The zero-order chi connectivity index (χ0) is 19.7. The maximum Gasteiger partial charge on any atom is 0.416 e. The van der Waals surface area contributed by atoms with Gasteiger partial charge < -0.3 is 4.42 Å². The second-order valence-corrected chi connectivity index (χ2v) is 8.09. The first-order chi connectivity index (χ1) is 12.7. The van der Waals surface area contributed by atoms with Crippen molar-refractivity contribution in [2.24, 2.45) is 0 Å². The van der Waals surface area contributed by atoms with Crippen LogP contribution in [0.5, 0.6) is 0 Å². The molecule has 0 aliphatic carbocycles. The Bertz CT molecular complexity index is 890. The van der Waals surface area contributed by atoms with Gasteiger partial charge in [-0.2, -0.15) is 17.5 Å². The van der Waals surface area contributed by atoms with Gasteiger partial charge in [-0.05, 0) is 18.2 Å². The zero-order valence-electron chi connectivity index (χ0n) is 14.6. The topological polar surface area (TPSA) is 79.5 Å². The lowest BCUT2D eigenvalue weighted by Crippen LogP contribution is -2.48. The molecule has 0 spiro atoms. The molecule has 0 atom stereocenters. The van der Waals surface area contributed by atoms with Gasteiger partial charge in [-0.3, -0.25) is 4.90 Å². The molecule has 0 amide bonds. The molecule has 0 bridgehead atoms. The molecule has 0 N–H and O–H groups in total. The number of nitrogens with zero attached hydrogens (tertiary/aromatic N) is 4. The van der Waals surface area contributed by atoms with Gasteiger partial charge >= 0.3 is 6.18 Å². The van der Waals surface area contributed by atoms with Gasteiger partial charge in [0.25, 0.3) is 0 Å². The summed E-state index contributed by atoms with van der Waals surface area (Å²) < 4.78 is 70.5. The fourth-order valence-corrected chi connectivity index (χ4v) is 4.26. The minimum Gasteiger partial charge on any atom is -0.424 e. The third-order valence-corrected chi connectivity index (χ3v) is 6.20. The number of hydrogen-bond donors (Lipinski definition) is 0. The largest absolute Gasteiger partial charge is 0.424 e. The Hall–Kier alpha value is -1.98. The number of hydrogen-bond acceptors (Lipinski definition) is 6. The zero-order valence-corrected chi connectivity index (χ0v) is 15.4. The number of benzene rings is 1. The van der Waals surface area contributed by atoms with Crippen molar-refractivity contribution in [1.29, 1.82) is 0 Å². The second-order valence-electron chi connectivity index (χ2n) is 6.15. The molecule has 0 saturated carbocycles. The number of halogens is 3. The van der Waals surface area contributed by atoms with Crippen LogP contribution in [0.15, 0.2) is 33.6 Å². The molecule has 0 unspecified atom stereocenters. The number of sulfonamides is 1. The Balaban J connectivity index is 1.66. The summed E-state index contributed by atoms with van der Waals surface area (Å²) in [6, 6.07) is 3.81. The van der Waals surface area contributed by atoms with E-state index in [9.17, 15) is 21.6 Å². The molecule has 1 fully saturated rings. The van der Waals surface area contributed by atoms with E-state index < -0.39 is 21.8 Å². The number of piperazine rings is 1. The van der Waals surface area contributed by atoms with Gasteiger partial charge in [0.05, 0.1) is 17.0 Å². The SMILES string of the molecule is CCc1nnc(CN2CCN(S(=O)(=O)c3cccc(C(F)(F)F)c3)CC2)o1. The highest BCUT2D eigenvalue weighted by Gasteiger charge is 2.34. The van der Waals surface area contributed by atoms with E-state index in [1.54, 1.807) is 0 Å². The summed E-state index contributed by atoms with van der Waals surface area (Å²) in [7, 11) is -3.99. The lowest BCUT2D eigenvalue weighted by Gasteiger charge is -2.33. The van der Waals surface area contributed by atoms with Crippen molar-refractivity contribution in [3.63, 3.8) is 0 Å². The third-order valence-electron chi connectivity index (χ3n) is 4.30. The van der Waals surface area contributed by atoms with Crippen molar-refractivity contribution < 1.29 is 26.0 Å². The molecule has 3 rings (SSSR count). The predicted molar refractivity (Wildman–Crippen MR) is 89.2 cm³/mol. The smallest absolute Gasteiger partial charge is 0.416 e. The third kappa shape index (κ3) is 4.47. The summed E-state index contributed by atoms with van der Waals surface area (Å²) in [4.78, 5) is 1.61. The molecule has 7 nitrogen and oxygen atoms in total. The first kappa shape index (κ1) is 19.8. The van der Waals surface area contributed by atoms with Gasteiger partial charge in [0.2, 0.25) is 21.8 Å². The summed E-state index contributed by atoms with van der Waals surface area (Å²) >= 11 is 0. The Kier molecular flexibility index (Phi) is 5.54. The molecule has 11 heteroatoms. The van der Waals surface area contributed by atoms with Crippen LogP contribution in [-0.2, 0) is 29.2 Å². The van der Waals surface area contributed by atoms with Gasteiger partial charge in [-0.25, -0.2) is 8.42 Å². The standard InChI is InChI=1S/C16H19F3N4O3S/c1-2-14-20-21-15(26-14)11-22-6-8-23(9-7-22)27(24,25)13-5-3-4-12(10-13)16(17,18)19/h3-5,10H,2,6-9,11H2,1H3. The Morgan fingerprint density at radius 2 is 1.78 bits per heavy atom. The lowest BCUT2D eigenvalue weighted by atomic mass is 10.2. The van der Waals surface area contributed by atoms with Gasteiger partial charge in [0.1, 0.15) is 0 Å². The maximum absolute atomic E-state index is 12.8. The van der Waals surface area contributed by atoms with Crippen molar-refractivity contribution in [1.82, 2.24) is 19.4 Å². The molecule has 1 aromatic carbocycles. The lowest BCUT2D eigenvalue weighted by molar-refractivity contribution is -0.137. The average Bonchev–Trinajstić information content (AvgIpc) is 3.09. The highest BCUT2D eigenvalue weighted by Crippen LogP contribution is 2.31. The Morgan fingerprint density at radius 3 is 2.37 bits per heavy atom. The molecule has 1 aliphatic rings.